The number of carbonyl (C=O) groups is 2. The van der Waals surface area contributed by atoms with E-state index in [2.05, 4.69) is 35.3 Å². The van der Waals surface area contributed by atoms with Gasteiger partial charge in [-0.2, -0.15) is 27.0 Å². The van der Waals surface area contributed by atoms with Crippen molar-refractivity contribution in [1.82, 2.24) is 19.9 Å². The molecule has 2 aromatic carbocycles. The van der Waals surface area contributed by atoms with Crippen molar-refractivity contribution in [1.29, 1.82) is 0 Å². The summed E-state index contributed by atoms with van der Waals surface area (Å²) < 4.78 is 4.69. The molecule has 0 fully saturated rings. The van der Waals surface area contributed by atoms with E-state index in [9.17, 15) is 9.59 Å². The van der Waals surface area contributed by atoms with Gasteiger partial charge in [-0.15, -0.1) is 0 Å². The van der Waals surface area contributed by atoms with Gasteiger partial charge in [0.2, 0.25) is 0 Å². The molecule has 0 amide bonds. The molecule has 0 spiro atoms. The van der Waals surface area contributed by atoms with Gasteiger partial charge in [0, 0.05) is 35.6 Å². The van der Waals surface area contributed by atoms with Gasteiger partial charge in [0.1, 0.15) is 23.3 Å². The van der Waals surface area contributed by atoms with E-state index in [0.29, 0.717) is 11.4 Å². The van der Waals surface area contributed by atoms with Gasteiger partial charge in [0.25, 0.3) is 0 Å². The maximum absolute atomic E-state index is 11.4. The Morgan fingerprint density at radius 1 is 0.717 bits per heavy atom. The fraction of sp³-hybridized carbons (Fsp3) is 0.290. The predicted octanol–water partition coefficient (Wildman–Crippen LogP) is 2.25. The number of aromatic carboxylic acids is 1. The van der Waals surface area contributed by atoms with Gasteiger partial charge in [-0.05, 0) is 76.9 Å². The first-order valence-electron chi connectivity index (χ1n) is 13.1. The second kappa shape index (κ2) is 22.0. The van der Waals surface area contributed by atoms with Crippen molar-refractivity contribution in [2.45, 2.75) is 53.6 Å². The number of anilines is 2. The first kappa shape index (κ1) is 46.8. The summed E-state index contributed by atoms with van der Waals surface area (Å²) in [6, 6.07) is 14.3. The normalized spacial score (nSPS) is 10.6. The number of aryl methyl sites for hydroxylation is 4. The fourth-order valence-electron chi connectivity index (χ4n) is 3.87. The van der Waals surface area contributed by atoms with E-state index in [0.717, 1.165) is 39.7 Å². The van der Waals surface area contributed by atoms with Crippen molar-refractivity contribution in [3.8, 4) is 0 Å². The minimum absolute atomic E-state index is 0. The molecule has 0 aliphatic rings. The van der Waals surface area contributed by atoms with Crippen LogP contribution in [0.3, 0.4) is 0 Å². The largest absolute Gasteiger partial charge is 1.00 e. The number of nitrogens with zero attached hydrogens (tertiary/aromatic N) is 4. The molecule has 0 saturated carbocycles. The number of carbonyl (C=O) groups excluding carboxylic acids is 1. The number of rotatable bonds is 8. The minimum Gasteiger partial charge on any atom is -0.870 e. The Hall–Kier alpha value is -3.64. The quantitative estimate of drug-likeness (QED) is 0.184. The molecule has 15 heteroatoms. The predicted molar refractivity (Wildman–Crippen MR) is 185 cm³/mol. The second-order valence-electron chi connectivity index (χ2n) is 9.67. The Morgan fingerprint density at radius 3 is 1.39 bits per heavy atom. The average Bonchev–Trinajstić information content (AvgIpc) is 2.97. The number of methoxy groups -OCH3 is 1. The fourth-order valence-corrected chi connectivity index (χ4v) is 3.87. The Bertz CT molecular complexity index is 1510. The molecule has 2 atom stereocenters. The molecule has 0 saturated heterocycles. The van der Waals surface area contributed by atoms with Crippen LogP contribution < -0.4 is 29.5 Å². The van der Waals surface area contributed by atoms with E-state index in [4.69, 9.17) is 5.11 Å². The van der Waals surface area contributed by atoms with Crippen molar-refractivity contribution >= 4 is 50.6 Å². The standard InChI is InChI=1S/C16H19N3O2.C15H17N3O2.Li.2H2O.2H2S/c1-10-9-17-12(3)19-15(10)18-11(2)13-5-7-14(8-6-13)16(20)21-4;1-9-8-16-11(3)18-14(9)17-10(2)12-4-6-13(7-5-12)15(19)20;;;;;/h5-9,11H,1-4H3,(H,17,18,19);4-8,10H,1-3H3,(H,19,20)(H,16,17,18);;4*1H2/q;;+1;;;;/p-1/t11-;10-;;;;;/m00...../s1. The van der Waals surface area contributed by atoms with Gasteiger partial charge >= 0.3 is 30.8 Å². The van der Waals surface area contributed by atoms with Crippen LogP contribution in [0.4, 0.5) is 11.6 Å². The van der Waals surface area contributed by atoms with E-state index in [1.54, 1.807) is 36.7 Å². The van der Waals surface area contributed by atoms with Crippen LogP contribution in [0.1, 0.15) is 80.5 Å². The molecule has 0 unspecified atom stereocenters. The van der Waals surface area contributed by atoms with Gasteiger partial charge in [0.05, 0.1) is 18.2 Å². The van der Waals surface area contributed by atoms with Crippen LogP contribution in [0.2, 0.25) is 0 Å². The monoisotopic (exact) mass is 666 g/mol. The van der Waals surface area contributed by atoms with Crippen molar-refractivity contribution in [2.75, 3.05) is 17.7 Å². The molecular weight excluding hydrogens is 623 g/mol. The van der Waals surface area contributed by atoms with Crippen LogP contribution in [0, 0.1) is 27.7 Å². The SMILES string of the molecule is COC(=O)c1ccc([C@H](C)Nc2nc(C)ncc2C)cc1.Cc1ncc(C)c(N[C@@H](C)c2ccc(C(=O)O)cc2)n1.O.S.S.[Li+].[OH-]. The molecule has 0 bridgehead atoms. The summed E-state index contributed by atoms with van der Waals surface area (Å²) in [4.78, 5) is 39.3. The molecule has 4 rings (SSSR count). The first-order chi connectivity index (χ1) is 19.5. The zero-order valence-corrected chi connectivity index (χ0v) is 29.3. The number of nitrogens with one attached hydrogen (secondary N) is 2. The molecule has 0 radical (unpaired) electrons. The van der Waals surface area contributed by atoms with Crippen LogP contribution in [-0.4, -0.2) is 55.0 Å². The van der Waals surface area contributed by atoms with E-state index in [1.807, 2.05) is 65.8 Å². The molecule has 0 aliphatic carbocycles. The van der Waals surface area contributed by atoms with Crippen molar-refractivity contribution in [2.24, 2.45) is 0 Å². The molecule has 2 aromatic heterocycles. The summed E-state index contributed by atoms with van der Waals surface area (Å²) in [6.07, 6.45) is 3.59. The number of esters is 1. The van der Waals surface area contributed by atoms with Gasteiger partial charge < -0.3 is 31.4 Å². The zero-order valence-electron chi connectivity index (χ0n) is 27.3. The van der Waals surface area contributed by atoms with Gasteiger partial charge in [-0.3, -0.25) is 0 Å². The Morgan fingerprint density at radius 2 is 1.07 bits per heavy atom. The van der Waals surface area contributed by atoms with E-state index >= 15 is 0 Å². The molecule has 6 N–H and O–H groups in total. The molecule has 4 aromatic rings. The summed E-state index contributed by atoms with van der Waals surface area (Å²) >= 11 is 0. The number of benzene rings is 2. The maximum atomic E-state index is 11.4. The van der Waals surface area contributed by atoms with Gasteiger partial charge in [-0.25, -0.2) is 29.5 Å². The molecule has 0 aliphatic heterocycles. The number of aromatic nitrogens is 4. The average molecular weight is 667 g/mol. The summed E-state index contributed by atoms with van der Waals surface area (Å²) in [5, 5.41) is 15.6. The van der Waals surface area contributed by atoms with Crippen molar-refractivity contribution in [3.63, 3.8) is 0 Å². The molecule has 246 valence electrons. The number of carboxylic acids is 1. The number of ether oxygens (including phenoxy) is 1. The van der Waals surface area contributed by atoms with Crippen molar-refractivity contribution in [3.05, 3.63) is 106 Å². The first-order valence-corrected chi connectivity index (χ1v) is 13.1. The third kappa shape index (κ3) is 13.4. The van der Waals surface area contributed by atoms with Crippen LogP contribution in [-0.2, 0) is 4.74 Å². The second-order valence-corrected chi connectivity index (χ2v) is 9.67. The van der Waals surface area contributed by atoms with Gasteiger partial charge in [0.15, 0.2) is 0 Å². The minimum atomic E-state index is -0.917. The molecule has 12 nitrogen and oxygen atoms in total. The third-order valence-corrected chi connectivity index (χ3v) is 6.38. The summed E-state index contributed by atoms with van der Waals surface area (Å²) in [6.45, 7) is 11.7. The number of hydrogen-bond donors (Lipinski definition) is 3. The topological polar surface area (TPSA) is 201 Å². The van der Waals surface area contributed by atoms with Crippen LogP contribution >= 0.6 is 27.0 Å². The van der Waals surface area contributed by atoms with Crippen LogP contribution in [0.5, 0.6) is 0 Å². The van der Waals surface area contributed by atoms with E-state index in [-0.39, 0.29) is 80.4 Å². The Labute approximate surface area is 295 Å². The Kier molecular flexibility index (Phi) is 22.3. The van der Waals surface area contributed by atoms with E-state index in [1.165, 1.54) is 7.11 Å². The smallest absolute Gasteiger partial charge is 0.870 e. The Balaban J connectivity index is -0.000000726. The van der Waals surface area contributed by atoms with Crippen molar-refractivity contribution < 1.29 is 49.2 Å². The summed E-state index contributed by atoms with van der Waals surface area (Å²) in [7, 11) is 1.38. The van der Waals surface area contributed by atoms with E-state index < -0.39 is 5.97 Å². The summed E-state index contributed by atoms with van der Waals surface area (Å²) in [5.74, 6) is 1.83. The summed E-state index contributed by atoms with van der Waals surface area (Å²) in [5.41, 5.74) is 4.88. The van der Waals surface area contributed by atoms with Crippen LogP contribution in [0.15, 0.2) is 60.9 Å². The maximum Gasteiger partial charge on any atom is 1.00 e. The molecular formula is C31H43LiN6O6S2. The number of carboxylic acid groups (broad SMARTS) is 1. The van der Waals surface area contributed by atoms with Gasteiger partial charge in [-0.1, -0.05) is 24.3 Å². The molecule has 2 heterocycles. The molecule has 46 heavy (non-hydrogen) atoms. The van der Waals surface area contributed by atoms with Crippen LogP contribution in [0.25, 0.3) is 0 Å². The zero-order chi connectivity index (χ0) is 30.1. The third-order valence-electron chi connectivity index (χ3n) is 6.38. The number of hydrogen-bond acceptors (Lipinski definition) is 10.